The molecule has 1 rings (SSSR count). The van der Waals surface area contributed by atoms with Crippen LogP contribution in [0.3, 0.4) is 0 Å². The Kier molecular flexibility index (Phi) is 5.25. The van der Waals surface area contributed by atoms with Crippen molar-refractivity contribution in [1.29, 1.82) is 0 Å². The van der Waals surface area contributed by atoms with Crippen LogP contribution in [0.5, 0.6) is 0 Å². The third-order valence-electron chi connectivity index (χ3n) is 1.95. The molecule has 0 bridgehead atoms. The van der Waals surface area contributed by atoms with Crippen LogP contribution < -0.4 is 0 Å². The highest BCUT2D eigenvalue weighted by Gasteiger charge is 2.25. The molecule has 1 aliphatic heterocycles. The van der Waals surface area contributed by atoms with Crippen LogP contribution in [-0.4, -0.2) is 36.5 Å². The molecule has 5 heteroatoms. The second kappa shape index (κ2) is 6.24. The molecule has 14 heavy (non-hydrogen) atoms. The number of carbonyl (C=O) groups is 1. The van der Waals surface area contributed by atoms with E-state index in [1.807, 2.05) is 0 Å². The first kappa shape index (κ1) is 11.8. The minimum atomic E-state index is -1.54. The molecule has 0 N–H and O–H groups in total. The largest absolute Gasteiger partial charge is 0.463 e. The summed E-state index contributed by atoms with van der Waals surface area (Å²) >= 11 is 1.05. The highest BCUT2D eigenvalue weighted by Crippen LogP contribution is 2.27. The summed E-state index contributed by atoms with van der Waals surface area (Å²) in [6, 6.07) is 0. The Labute approximate surface area is 87.3 Å². The van der Waals surface area contributed by atoms with Crippen LogP contribution in [0.25, 0.3) is 0 Å². The summed E-state index contributed by atoms with van der Waals surface area (Å²) in [4.78, 5) is 11.0. The van der Waals surface area contributed by atoms with Crippen molar-refractivity contribution in [2.75, 3.05) is 19.8 Å². The second-order valence-corrected chi connectivity index (χ2v) is 4.37. The Hall–Kier alpha value is -0.290. The molecule has 0 spiro atoms. The van der Waals surface area contributed by atoms with Gasteiger partial charge >= 0.3 is 5.97 Å². The molecule has 0 radical (unpaired) electrons. The van der Waals surface area contributed by atoms with Crippen LogP contribution in [0.4, 0.5) is 4.39 Å². The summed E-state index contributed by atoms with van der Waals surface area (Å²) in [7, 11) is 0. The van der Waals surface area contributed by atoms with Crippen molar-refractivity contribution in [3.63, 3.8) is 0 Å². The van der Waals surface area contributed by atoms with E-state index >= 15 is 0 Å². The predicted octanol–water partition coefficient (Wildman–Crippen LogP) is 1.76. The molecule has 0 aromatic carbocycles. The van der Waals surface area contributed by atoms with Crippen LogP contribution in [0.2, 0.25) is 0 Å². The average Bonchev–Trinajstić information content (AvgIpc) is 2.19. The Morgan fingerprint density at radius 3 is 2.86 bits per heavy atom. The van der Waals surface area contributed by atoms with Crippen molar-refractivity contribution in [3.8, 4) is 0 Å². The number of ether oxygens (including phenoxy) is 2. The van der Waals surface area contributed by atoms with Crippen molar-refractivity contribution < 1.29 is 18.7 Å². The van der Waals surface area contributed by atoms with Gasteiger partial charge in [-0.1, -0.05) is 0 Å². The smallest absolute Gasteiger partial charge is 0.351 e. The molecule has 3 nitrogen and oxygen atoms in total. The number of hydrogen-bond acceptors (Lipinski definition) is 4. The number of carbonyl (C=O) groups excluding carboxylic acids is 1. The molecule has 0 aromatic heterocycles. The summed E-state index contributed by atoms with van der Waals surface area (Å²) in [5.41, 5.74) is -1.54. The number of halogens is 1. The molecule has 0 amide bonds. The van der Waals surface area contributed by atoms with E-state index in [2.05, 4.69) is 4.74 Å². The molecular formula is C9H15FO3S. The number of alkyl halides is 1. The van der Waals surface area contributed by atoms with Gasteiger partial charge in [0.05, 0.1) is 6.61 Å². The van der Waals surface area contributed by atoms with Crippen LogP contribution >= 0.6 is 11.8 Å². The van der Waals surface area contributed by atoms with Gasteiger partial charge in [0, 0.05) is 18.5 Å². The lowest BCUT2D eigenvalue weighted by Gasteiger charge is -2.22. The number of rotatable bonds is 4. The lowest BCUT2D eigenvalue weighted by molar-refractivity contribution is -0.145. The Bertz CT molecular complexity index is 183. The van der Waals surface area contributed by atoms with Crippen LogP contribution in [0, 0.1) is 0 Å². The van der Waals surface area contributed by atoms with Crippen molar-refractivity contribution in [1.82, 2.24) is 0 Å². The van der Waals surface area contributed by atoms with Gasteiger partial charge in [-0.15, -0.1) is 11.8 Å². The van der Waals surface area contributed by atoms with Crippen molar-refractivity contribution in [2.45, 2.75) is 30.5 Å². The molecule has 1 heterocycles. The summed E-state index contributed by atoms with van der Waals surface area (Å²) < 4.78 is 22.9. The first-order valence-electron chi connectivity index (χ1n) is 4.78. The molecule has 0 aliphatic carbocycles. The van der Waals surface area contributed by atoms with E-state index in [0.29, 0.717) is 13.2 Å². The first-order valence-corrected chi connectivity index (χ1v) is 5.72. The molecule has 1 atom stereocenters. The van der Waals surface area contributed by atoms with Crippen molar-refractivity contribution >= 4 is 17.7 Å². The molecule has 0 saturated carbocycles. The third-order valence-corrected chi connectivity index (χ3v) is 3.24. The Morgan fingerprint density at radius 1 is 1.64 bits per heavy atom. The van der Waals surface area contributed by atoms with E-state index in [4.69, 9.17) is 4.74 Å². The maximum Gasteiger partial charge on any atom is 0.351 e. The van der Waals surface area contributed by atoms with Gasteiger partial charge in [0.15, 0.2) is 0 Å². The van der Waals surface area contributed by atoms with Gasteiger partial charge in [0.1, 0.15) is 0 Å². The van der Waals surface area contributed by atoms with E-state index in [9.17, 15) is 9.18 Å². The van der Waals surface area contributed by atoms with Gasteiger partial charge in [-0.2, -0.15) is 0 Å². The van der Waals surface area contributed by atoms with Gasteiger partial charge in [-0.3, -0.25) is 0 Å². The quantitative estimate of drug-likeness (QED) is 0.679. The van der Waals surface area contributed by atoms with E-state index in [1.54, 1.807) is 6.92 Å². The molecule has 0 aromatic rings. The van der Waals surface area contributed by atoms with E-state index < -0.39 is 11.5 Å². The van der Waals surface area contributed by atoms with Crippen LogP contribution in [-0.2, 0) is 14.3 Å². The maximum atomic E-state index is 13.2. The van der Waals surface area contributed by atoms with E-state index in [1.165, 1.54) is 0 Å². The molecular weight excluding hydrogens is 207 g/mol. The highest BCUT2D eigenvalue weighted by molar-refractivity contribution is 8.01. The first-order chi connectivity index (χ1) is 6.74. The average molecular weight is 222 g/mol. The molecule has 1 unspecified atom stereocenters. The minimum Gasteiger partial charge on any atom is -0.463 e. The van der Waals surface area contributed by atoms with Gasteiger partial charge in [0.25, 0.3) is 0 Å². The standard InChI is InChI=1S/C9H15FO3S/c1-2-13-9(11)8(10)14-7-3-5-12-6-4-7/h7-8H,2-6H2,1H3. The maximum absolute atomic E-state index is 13.2. The van der Waals surface area contributed by atoms with Gasteiger partial charge in [-0.05, 0) is 19.8 Å². The zero-order valence-electron chi connectivity index (χ0n) is 8.20. The fourth-order valence-corrected chi connectivity index (χ4v) is 2.23. The zero-order chi connectivity index (χ0) is 10.4. The van der Waals surface area contributed by atoms with Gasteiger partial charge < -0.3 is 9.47 Å². The van der Waals surface area contributed by atoms with Gasteiger partial charge in [-0.25, -0.2) is 9.18 Å². The molecule has 1 aliphatic rings. The summed E-state index contributed by atoms with van der Waals surface area (Å²) in [6.45, 7) is 3.22. The Morgan fingerprint density at radius 2 is 2.29 bits per heavy atom. The monoisotopic (exact) mass is 222 g/mol. The zero-order valence-corrected chi connectivity index (χ0v) is 9.02. The molecule has 1 saturated heterocycles. The fourth-order valence-electron chi connectivity index (χ4n) is 1.24. The Balaban J connectivity index is 2.24. The van der Waals surface area contributed by atoms with Crippen molar-refractivity contribution in [3.05, 3.63) is 0 Å². The topological polar surface area (TPSA) is 35.5 Å². The third kappa shape index (κ3) is 3.84. The van der Waals surface area contributed by atoms with Gasteiger partial charge in [0.2, 0.25) is 5.50 Å². The molecule has 1 fully saturated rings. The SMILES string of the molecule is CCOC(=O)C(F)SC1CCOCC1. The lowest BCUT2D eigenvalue weighted by atomic mass is 10.2. The summed E-state index contributed by atoms with van der Waals surface area (Å²) in [5, 5.41) is 0.183. The number of hydrogen-bond donors (Lipinski definition) is 0. The number of thioether (sulfide) groups is 1. The second-order valence-electron chi connectivity index (χ2n) is 3.02. The predicted molar refractivity (Wildman–Crippen MR) is 53.0 cm³/mol. The summed E-state index contributed by atoms with van der Waals surface area (Å²) in [5.74, 6) is -0.760. The highest BCUT2D eigenvalue weighted by atomic mass is 32.2. The lowest BCUT2D eigenvalue weighted by Crippen LogP contribution is -2.23. The normalized spacial score (nSPS) is 20.4. The minimum absolute atomic E-state index is 0.183. The number of esters is 1. The van der Waals surface area contributed by atoms with Crippen LogP contribution in [0.15, 0.2) is 0 Å². The van der Waals surface area contributed by atoms with E-state index in [0.717, 1.165) is 24.6 Å². The molecule has 82 valence electrons. The van der Waals surface area contributed by atoms with E-state index in [-0.39, 0.29) is 11.9 Å². The summed E-state index contributed by atoms with van der Waals surface area (Å²) in [6.07, 6.45) is 1.62. The van der Waals surface area contributed by atoms with Crippen LogP contribution in [0.1, 0.15) is 19.8 Å². The van der Waals surface area contributed by atoms with Crippen molar-refractivity contribution in [2.24, 2.45) is 0 Å². The fraction of sp³-hybridized carbons (Fsp3) is 0.889.